The maximum atomic E-state index is 14.3. The number of hydrogen-bond acceptors (Lipinski definition) is 2. The molecular weight excluding hydrogens is 489 g/mol. The molecule has 0 spiro atoms. The lowest BCUT2D eigenvalue weighted by atomic mass is 10.0. The van der Waals surface area contributed by atoms with E-state index in [2.05, 4.69) is 0 Å². The molecule has 2 heterocycles. The number of alkyl halides is 3. The number of imide groups is 1. The Morgan fingerprint density at radius 3 is 1.95 bits per heavy atom. The molecule has 2 amide bonds. The molecule has 0 unspecified atom stereocenters. The third-order valence-corrected chi connectivity index (χ3v) is 7.31. The fourth-order valence-electron chi connectivity index (χ4n) is 5.94. The minimum Gasteiger partial charge on any atom is -0.308 e. The zero-order chi connectivity index (χ0) is 27.1. The fraction of sp³-hybridized carbons (Fsp3) is 0.161. The second-order valence-electron chi connectivity index (χ2n) is 9.90. The zero-order valence-electron chi connectivity index (χ0n) is 21.2. The average molecular weight is 513 g/mol. The summed E-state index contributed by atoms with van der Waals surface area (Å²) in [6, 6.07) is 18.1. The molecule has 7 heteroatoms. The van der Waals surface area contributed by atoms with Gasteiger partial charge in [0.1, 0.15) is 0 Å². The van der Waals surface area contributed by atoms with Crippen LogP contribution >= 0.6 is 0 Å². The summed E-state index contributed by atoms with van der Waals surface area (Å²) in [6.07, 6.45) is -4.63. The number of halogens is 3. The van der Waals surface area contributed by atoms with Gasteiger partial charge in [-0.3, -0.25) is 9.59 Å². The number of rotatable bonds is 2. The standard InChI is InChI=1S/C31H23F3N2O2/c1-16-14-18(3)26(19(4)15-16)36-29(37)22-11-7-13-24(25(22)30(36)38)35-27-17(2)8-5-9-20(27)21-10-6-12-23(28(21)35)31(32,33)34/h5-15H,1-4H3. The van der Waals surface area contributed by atoms with Gasteiger partial charge < -0.3 is 4.57 Å². The molecule has 38 heavy (non-hydrogen) atoms. The van der Waals surface area contributed by atoms with Crippen LogP contribution in [0, 0.1) is 27.7 Å². The van der Waals surface area contributed by atoms with E-state index in [4.69, 9.17) is 0 Å². The second-order valence-corrected chi connectivity index (χ2v) is 9.90. The predicted molar refractivity (Wildman–Crippen MR) is 142 cm³/mol. The number of carbonyl (C=O) groups excluding carboxylic acids is 2. The predicted octanol–water partition coefficient (Wildman–Crippen LogP) is 7.84. The molecule has 0 fully saturated rings. The number of aryl methyl sites for hydroxylation is 4. The van der Waals surface area contributed by atoms with Crippen molar-refractivity contribution in [3.63, 3.8) is 0 Å². The van der Waals surface area contributed by atoms with E-state index in [1.54, 1.807) is 36.4 Å². The normalized spacial score (nSPS) is 13.7. The van der Waals surface area contributed by atoms with Crippen LogP contribution in [0.2, 0.25) is 0 Å². The highest BCUT2D eigenvalue weighted by molar-refractivity contribution is 6.36. The van der Waals surface area contributed by atoms with Gasteiger partial charge in [0, 0.05) is 10.8 Å². The minimum absolute atomic E-state index is 0.0425. The molecule has 1 aliphatic rings. The Bertz CT molecular complexity index is 1820. The summed E-state index contributed by atoms with van der Waals surface area (Å²) >= 11 is 0. The Balaban J connectivity index is 1.71. The van der Waals surface area contributed by atoms with Gasteiger partial charge in [-0.1, -0.05) is 54.1 Å². The Morgan fingerprint density at radius 2 is 1.29 bits per heavy atom. The first-order valence-corrected chi connectivity index (χ1v) is 12.2. The number of para-hydroxylation sites is 2. The number of amides is 2. The minimum atomic E-state index is -4.63. The molecule has 0 bridgehead atoms. The van der Waals surface area contributed by atoms with Crippen LogP contribution in [-0.4, -0.2) is 16.4 Å². The fourth-order valence-corrected chi connectivity index (χ4v) is 5.94. The van der Waals surface area contributed by atoms with Crippen molar-refractivity contribution in [2.24, 2.45) is 0 Å². The van der Waals surface area contributed by atoms with Gasteiger partial charge >= 0.3 is 6.18 Å². The Morgan fingerprint density at radius 1 is 0.684 bits per heavy atom. The lowest BCUT2D eigenvalue weighted by Gasteiger charge is -2.20. The lowest BCUT2D eigenvalue weighted by Crippen LogP contribution is -2.31. The quantitative estimate of drug-likeness (QED) is 0.226. The van der Waals surface area contributed by atoms with Crippen LogP contribution in [0.1, 0.15) is 48.5 Å². The van der Waals surface area contributed by atoms with E-state index in [-0.39, 0.29) is 22.3 Å². The summed E-state index contributed by atoms with van der Waals surface area (Å²) in [5.41, 5.74) is 4.02. The highest BCUT2D eigenvalue weighted by Gasteiger charge is 2.41. The van der Waals surface area contributed by atoms with Gasteiger partial charge in [-0.15, -0.1) is 0 Å². The molecule has 190 valence electrons. The summed E-state index contributed by atoms with van der Waals surface area (Å²) in [7, 11) is 0. The van der Waals surface area contributed by atoms with Crippen LogP contribution in [0.25, 0.3) is 27.5 Å². The Labute approximate surface area is 216 Å². The van der Waals surface area contributed by atoms with Crippen LogP contribution in [0.3, 0.4) is 0 Å². The van der Waals surface area contributed by atoms with Gasteiger partial charge in [-0.25, -0.2) is 4.90 Å². The molecule has 1 aliphatic heterocycles. The van der Waals surface area contributed by atoms with Gasteiger partial charge in [0.2, 0.25) is 0 Å². The van der Waals surface area contributed by atoms with E-state index in [1.807, 2.05) is 45.9 Å². The van der Waals surface area contributed by atoms with E-state index < -0.39 is 23.6 Å². The van der Waals surface area contributed by atoms with Crippen molar-refractivity contribution in [2.75, 3.05) is 4.90 Å². The lowest BCUT2D eigenvalue weighted by molar-refractivity contribution is -0.136. The van der Waals surface area contributed by atoms with E-state index >= 15 is 0 Å². The SMILES string of the molecule is Cc1cc(C)c(N2C(=O)c3cccc(-n4c5c(C)cccc5c5cccc(C(F)(F)F)c54)c3C2=O)c(C)c1. The first kappa shape index (κ1) is 24.0. The van der Waals surface area contributed by atoms with Crippen molar-refractivity contribution in [3.8, 4) is 5.69 Å². The molecule has 1 aromatic heterocycles. The largest absolute Gasteiger partial charge is 0.418 e. The molecule has 4 aromatic carbocycles. The monoisotopic (exact) mass is 512 g/mol. The maximum Gasteiger partial charge on any atom is 0.418 e. The van der Waals surface area contributed by atoms with Crippen LogP contribution in [0.15, 0.2) is 66.7 Å². The van der Waals surface area contributed by atoms with Crippen molar-refractivity contribution in [3.05, 3.63) is 106 Å². The Kier molecular flexibility index (Phi) is 5.08. The highest BCUT2D eigenvalue weighted by Crippen LogP contribution is 2.43. The van der Waals surface area contributed by atoms with E-state index in [9.17, 15) is 22.8 Å². The van der Waals surface area contributed by atoms with Gasteiger partial charge in [-0.2, -0.15) is 13.2 Å². The number of benzene rings is 4. The first-order valence-electron chi connectivity index (χ1n) is 12.2. The summed E-state index contributed by atoms with van der Waals surface area (Å²) < 4.78 is 44.5. The topological polar surface area (TPSA) is 42.3 Å². The van der Waals surface area contributed by atoms with Gasteiger partial charge in [0.25, 0.3) is 11.8 Å². The van der Waals surface area contributed by atoms with Crippen molar-refractivity contribution in [1.82, 2.24) is 4.57 Å². The summed E-state index contributed by atoms with van der Waals surface area (Å²) in [4.78, 5) is 28.8. The molecule has 4 nitrogen and oxygen atoms in total. The molecule has 0 aliphatic carbocycles. The average Bonchev–Trinajstić information content (AvgIpc) is 3.32. The third-order valence-electron chi connectivity index (χ3n) is 7.31. The molecule has 0 atom stereocenters. The molecule has 6 rings (SSSR count). The molecule has 5 aromatic rings. The van der Waals surface area contributed by atoms with Crippen molar-refractivity contribution in [1.29, 1.82) is 0 Å². The van der Waals surface area contributed by atoms with E-state index in [0.717, 1.165) is 33.2 Å². The maximum absolute atomic E-state index is 14.3. The number of nitrogens with zero attached hydrogens (tertiary/aromatic N) is 2. The summed E-state index contributed by atoms with van der Waals surface area (Å²) in [6.45, 7) is 7.44. The Hall–Kier alpha value is -4.39. The van der Waals surface area contributed by atoms with Crippen molar-refractivity contribution >= 4 is 39.3 Å². The molecule has 0 saturated heterocycles. The third kappa shape index (κ3) is 3.24. The number of anilines is 1. The zero-order valence-corrected chi connectivity index (χ0v) is 21.2. The van der Waals surface area contributed by atoms with Crippen LogP contribution < -0.4 is 4.90 Å². The first-order chi connectivity index (χ1) is 18.0. The summed E-state index contributed by atoms with van der Waals surface area (Å²) in [5, 5.41) is 1.07. The highest BCUT2D eigenvalue weighted by atomic mass is 19.4. The molecular formula is C31H23F3N2O2. The molecule has 0 saturated carbocycles. The number of aromatic nitrogens is 1. The van der Waals surface area contributed by atoms with Gasteiger partial charge in [-0.05, 0) is 62.6 Å². The number of fused-ring (bicyclic) bond motifs is 4. The second kappa shape index (κ2) is 8.05. The smallest absolute Gasteiger partial charge is 0.308 e. The van der Waals surface area contributed by atoms with Gasteiger partial charge in [0.15, 0.2) is 0 Å². The van der Waals surface area contributed by atoms with Crippen LogP contribution in [0.5, 0.6) is 0 Å². The molecule has 0 N–H and O–H groups in total. The number of hydrogen-bond donors (Lipinski definition) is 0. The van der Waals surface area contributed by atoms with Crippen LogP contribution in [0.4, 0.5) is 18.9 Å². The summed E-state index contributed by atoms with van der Waals surface area (Å²) in [5.74, 6) is -1.04. The van der Waals surface area contributed by atoms with Crippen molar-refractivity contribution < 1.29 is 22.8 Å². The van der Waals surface area contributed by atoms with E-state index in [0.29, 0.717) is 22.0 Å². The van der Waals surface area contributed by atoms with Crippen molar-refractivity contribution in [2.45, 2.75) is 33.9 Å². The van der Waals surface area contributed by atoms with Gasteiger partial charge in [0.05, 0.1) is 39.1 Å². The number of carbonyl (C=O) groups is 2. The van der Waals surface area contributed by atoms with E-state index in [1.165, 1.54) is 10.6 Å². The van der Waals surface area contributed by atoms with Crippen LogP contribution in [-0.2, 0) is 6.18 Å². The molecule has 0 radical (unpaired) electrons.